The number of nitrogens with zero attached hydrogens (tertiary/aromatic N) is 3. The van der Waals surface area contributed by atoms with Crippen LogP contribution in [0, 0.1) is 5.82 Å². The highest BCUT2D eigenvalue weighted by Crippen LogP contribution is 2.44. The van der Waals surface area contributed by atoms with E-state index < -0.39 is 17.4 Å². The van der Waals surface area contributed by atoms with Gasteiger partial charge in [0.15, 0.2) is 0 Å². The molecule has 0 radical (unpaired) electrons. The molecule has 1 aromatic carbocycles. The first-order chi connectivity index (χ1) is 17.0. The van der Waals surface area contributed by atoms with Gasteiger partial charge in [0, 0.05) is 53.3 Å². The van der Waals surface area contributed by atoms with Crippen molar-refractivity contribution in [2.24, 2.45) is 4.99 Å². The van der Waals surface area contributed by atoms with Crippen molar-refractivity contribution in [3.05, 3.63) is 57.1 Å². The highest BCUT2D eigenvalue weighted by Gasteiger charge is 2.49. The summed E-state index contributed by atoms with van der Waals surface area (Å²) in [7, 11) is 1.50. The Morgan fingerprint density at radius 3 is 2.67 bits per heavy atom. The quantitative estimate of drug-likeness (QED) is 0.495. The Labute approximate surface area is 214 Å². The molecule has 2 aromatic rings. The van der Waals surface area contributed by atoms with Crippen molar-refractivity contribution in [2.45, 2.75) is 62.9 Å². The van der Waals surface area contributed by atoms with Gasteiger partial charge in [0.05, 0.1) is 12.3 Å². The highest BCUT2D eigenvalue weighted by molar-refractivity contribution is 9.10. The maximum atomic E-state index is 14.7. The van der Waals surface area contributed by atoms with E-state index in [0.717, 1.165) is 18.9 Å². The van der Waals surface area contributed by atoms with Crippen molar-refractivity contribution in [2.75, 3.05) is 18.6 Å². The first-order valence-corrected chi connectivity index (χ1v) is 12.5. The van der Waals surface area contributed by atoms with Crippen molar-refractivity contribution < 1.29 is 27.1 Å². The van der Waals surface area contributed by atoms with Crippen molar-refractivity contribution in [3.8, 4) is 0 Å². The van der Waals surface area contributed by atoms with Crippen LogP contribution in [0.2, 0.25) is 0 Å². The lowest BCUT2D eigenvalue weighted by atomic mass is 9.83. The molecule has 3 heterocycles. The number of benzene rings is 1. The molecule has 5 rings (SSSR count). The second-order valence-corrected chi connectivity index (χ2v) is 10.6. The Hall–Kier alpha value is -2.53. The van der Waals surface area contributed by atoms with Gasteiger partial charge in [-0.1, -0.05) is 15.9 Å². The molecule has 36 heavy (non-hydrogen) atoms. The number of pyridine rings is 1. The minimum absolute atomic E-state index is 0.0650. The van der Waals surface area contributed by atoms with Gasteiger partial charge in [-0.2, -0.15) is 13.2 Å². The number of methoxy groups -OCH3 is 1. The number of anilines is 1. The minimum Gasteiger partial charge on any atom is -0.380 e. The number of nitrogens with one attached hydrogen (secondary N) is 1. The van der Waals surface area contributed by atoms with Gasteiger partial charge in [-0.3, -0.25) is 9.79 Å². The monoisotopic (exact) mass is 568 g/mol. The lowest BCUT2D eigenvalue weighted by Gasteiger charge is -2.42. The van der Waals surface area contributed by atoms with Crippen molar-refractivity contribution >= 4 is 33.4 Å². The van der Waals surface area contributed by atoms with Crippen LogP contribution in [-0.2, 0) is 22.3 Å². The van der Waals surface area contributed by atoms with E-state index in [1.807, 2.05) is 17.9 Å². The van der Waals surface area contributed by atoms with Gasteiger partial charge in [0.1, 0.15) is 22.9 Å². The summed E-state index contributed by atoms with van der Waals surface area (Å²) in [5.41, 5.74) is -0.0729. The molecule has 1 N–H and O–H groups in total. The zero-order valence-corrected chi connectivity index (χ0v) is 21.3. The summed E-state index contributed by atoms with van der Waals surface area (Å²) in [5, 5.41) is 2.82. The van der Waals surface area contributed by atoms with Crippen LogP contribution < -0.4 is 10.2 Å². The topological polar surface area (TPSA) is 66.8 Å². The average molecular weight is 569 g/mol. The molecule has 0 bridgehead atoms. The van der Waals surface area contributed by atoms with E-state index in [4.69, 9.17) is 9.73 Å². The normalized spacial score (nSPS) is 24.3. The number of alkyl halides is 3. The van der Waals surface area contributed by atoms with Gasteiger partial charge < -0.3 is 15.0 Å². The summed E-state index contributed by atoms with van der Waals surface area (Å²) in [5.74, 6) is -0.444. The maximum Gasteiger partial charge on any atom is 0.433 e. The summed E-state index contributed by atoms with van der Waals surface area (Å²) in [6, 6.07) is 5.37. The van der Waals surface area contributed by atoms with Crippen molar-refractivity contribution in [1.82, 2.24) is 10.3 Å². The van der Waals surface area contributed by atoms with Gasteiger partial charge in [-0.05, 0) is 50.5 Å². The van der Waals surface area contributed by atoms with Crippen LogP contribution in [0.5, 0.6) is 0 Å². The fraction of sp³-hybridized carbons (Fsp3) is 0.480. The molecular weight excluding hydrogens is 544 g/mol. The molecule has 1 saturated heterocycles. The Morgan fingerprint density at radius 2 is 2.03 bits per heavy atom. The minimum atomic E-state index is -4.54. The SMILES string of the molecule is COCc1c(F)cc(Br)cc1N1CC[C@]2(C[C@@H]1C)N=C(c1ccc(C(F)(F)F)nc1C1CC1)NC2=O. The molecule has 1 aliphatic carbocycles. The lowest BCUT2D eigenvalue weighted by Crippen LogP contribution is -2.53. The van der Waals surface area contributed by atoms with Crippen LogP contribution in [-0.4, -0.2) is 42.0 Å². The molecule has 6 nitrogen and oxygen atoms in total. The summed E-state index contributed by atoms with van der Waals surface area (Å²) in [6.07, 6.45) is -2.28. The van der Waals surface area contributed by atoms with E-state index >= 15 is 0 Å². The third-order valence-corrected chi connectivity index (χ3v) is 7.54. The van der Waals surface area contributed by atoms with Crippen LogP contribution in [0.3, 0.4) is 0 Å². The van der Waals surface area contributed by atoms with Gasteiger partial charge in [0.2, 0.25) is 0 Å². The first-order valence-electron chi connectivity index (χ1n) is 11.8. The number of piperidine rings is 1. The Bertz CT molecular complexity index is 1250. The molecule has 0 unspecified atom stereocenters. The standard InChI is InChI=1S/C25H25BrF4N4O2/c1-13-11-24(7-8-34(13)19-10-15(26)9-18(27)17(19)12-36-2)23(35)32-22(33-24)16-5-6-20(25(28,29)30)31-21(16)14-3-4-14/h5-6,9-10,13-14H,3-4,7-8,11-12H2,1-2H3,(H,32,33,35)/t13-,24+/m0/s1. The third-order valence-electron chi connectivity index (χ3n) is 7.08. The molecule has 1 spiro atoms. The number of ether oxygens (including phenoxy) is 1. The zero-order chi connectivity index (χ0) is 25.8. The Balaban J connectivity index is 1.45. The molecule has 11 heteroatoms. The zero-order valence-electron chi connectivity index (χ0n) is 19.8. The van der Waals surface area contributed by atoms with E-state index in [1.165, 1.54) is 19.2 Å². The number of halogens is 5. The van der Waals surface area contributed by atoms with Crippen LogP contribution in [0.4, 0.5) is 23.2 Å². The first kappa shape index (κ1) is 25.1. The molecule has 2 fully saturated rings. The summed E-state index contributed by atoms with van der Waals surface area (Å²) < 4.78 is 60.3. The molecule has 192 valence electrons. The lowest BCUT2D eigenvalue weighted by molar-refractivity contribution is -0.141. The number of rotatable bonds is 5. The fourth-order valence-corrected chi connectivity index (χ4v) is 5.59. The number of aromatic nitrogens is 1. The molecule has 1 aromatic heterocycles. The number of amidine groups is 1. The van der Waals surface area contributed by atoms with Gasteiger partial charge >= 0.3 is 6.18 Å². The number of carbonyl (C=O) groups is 1. The predicted octanol–water partition coefficient (Wildman–Crippen LogP) is 5.33. The largest absolute Gasteiger partial charge is 0.433 e. The number of hydrogen-bond acceptors (Lipinski definition) is 5. The van der Waals surface area contributed by atoms with Gasteiger partial charge in [-0.25, -0.2) is 9.37 Å². The van der Waals surface area contributed by atoms with Crippen LogP contribution in [0.1, 0.15) is 61.0 Å². The van der Waals surface area contributed by atoms with E-state index in [9.17, 15) is 22.4 Å². The molecule has 2 atom stereocenters. The van der Waals surface area contributed by atoms with Crippen molar-refractivity contribution in [1.29, 1.82) is 0 Å². The number of carbonyl (C=O) groups excluding carboxylic acids is 1. The molecule has 3 aliphatic rings. The van der Waals surface area contributed by atoms with E-state index in [0.29, 0.717) is 46.4 Å². The second-order valence-electron chi connectivity index (χ2n) is 9.66. The van der Waals surface area contributed by atoms with Crippen LogP contribution in [0.25, 0.3) is 0 Å². The van der Waals surface area contributed by atoms with Crippen LogP contribution >= 0.6 is 15.9 Å². The van der Waals surface area contributed by atoms with Gasteiger partial charge in [-0.15, -0.1) is 0 Å². The Kier molecular flexibility index (Phi) is 6.35. The average Bonchev–Trinajstić information content (AvgIpc) is 3.60. The fourth-order valence-electron chi connectivity index (χ4n) is 5.17. The van der Waals surface area contributed by atoms with Crippen LogP contribution in [0.15, 0.2) is 33.7 Å². The Morgan fingerprint density at radius 1 is 1.28 bits per heavy atom. The number of hydrogen-bond donors (Lipinski definition) is 1. The van der Waals surface area contributed by atoms with Crippen molar-refractivity contribution in [3.63, 3.8) is 0 Å². The highest BCUT2D eigenvalue weighted by atomic mass is 79.9. The smallest absolute Gasteiger partial charge is 0.380 e. The van der Waals surface area contributed by atoms with E-state index in [2.05, 4.69) is 26.2 Å². The summed E-state index contributed by atoms with van der Waals surface area (Å²) >= 11 is 3.36. The van der Waals surface area contributed by atoms with E-state index in [-0.39, 0.29) is 36.1 Å². The summed E-state index contributed by atoms with van der Waals surface area (Å²) in [4.78, 5) is 23.9. The van der Waals surface area contributed by atoms with Gasteiger partial charge in [0.25, 0.3) is 5.91 Å². The predicted molar refractivity (Wildman–Crippen MR) is 129 cm³/mol. The summed E-state index contributed by atoms with van der Waals surface area (Å²) in [6.45, 7) is 2.50. The number of amides is 1. The maximum absolute atomic E-state index is 14.7. The molecular formula is C25H25BrF4N4O2. The molecule has 1 saturated carbocycles. The van der Waals surface area contributed by atoms with E-state index in [1.54, 1.807) is 0 Å². The number of aliphatic imine (C=N–C) groups is 1. The molecule has 1 amide bonds. The molecule has 2 aliphatic heterocycles. The third kappa shape index (κ3) is 4.51. The second kappa shape index (κ2) is 9.09.